The zero-order valence-electron chi connectivity index (χ0n) is 18.6. The summed E-state index contributed by atoms with van der Waals surface area (Å²) in [5.74, 6) is 1.56. The summed E-state index contributed by atoms with van der Waals surface area (Å²) in [7, 11) is 0. The van der Waals surface area contributed by atoms with Gasteiger partial charge in [-0.05, 0) is 69.5 Å². The molecule has 1 N–H and O–H groups in total. The van der Waals surface area contributed by atoms with Gasteiger partial charge in [-0.25, -0.2) is 0 Å². The Morgan fingerprint density at radius 2 is 1.77 bits per heavy atom. The van der Waals surface area contributed by atoms with Gasteiger partial charge in [-0.3, -0.25) is 4.79 Å². The minimum absolute atomic E-state index is 0.0369. The maximum Gasteiger partial charge on any atom is 0.251 e. The van der Waals surface area contributed by atoms with Gasteiger partial charge in [-0.2, -0.15) is 0 Å². The van der Waals surface area contributed by atoms with Crippen LogP contribution in [0.3, 0.4) is 0 Å². The normalized spacial score (nSPS) is 11.7. The van der Waals surface area contributed by atoms with E-state index in [1.54, 1.807) is 11.8 Å². The van der Waals surface area contributed by atoms with E-state index in [0.717, 1.165) is 29.9 Å². The number of nitrogens with one attached hydrogen (secondary N) is 1. The number of amides is 1. The highest BCUT2D eigenvalue weighted by Crippen LogP contribution is 2.29. The highest BCUT2D eigenvalue weighted by atomic mass is 32.2. The number of rotatable bonds is 10. The molecule has 3 aromatic rings. The molecule has 0 aliphatic carbocycles. The maximum absolute atomic E-state index is 12.8. The standard InChI is InChI=1S/C27H31NO2S/c1-4-30-26-17-14-23(18-24(26)19-31-25-15-10-20(2)11-16-25)27(29)28-21(3)12-13-22-8-6-5-7-9-22/h5-11,14-18,21H,4,12-13,19H2,1-3H3,(H,28,29)/t21-/m1/s1. The Bertz CT molecular complexity index is 970. The van der Waals surface area contributed by atoms with E-state index >= 15 is 0 Å². The van der Waals surface area contributed by atoms with E-state index in [1.807, 2.05) is 31.2 Å². The number of carbonyl (C=O) groups is 1. The average molecular weight is 434 g/mol. The van der Waals surface area contributed by atoms with Crippen LogP contribution in [0.4, 0.5) is 0 Å². The van der Waals surface area contributed by atoms with Crippen LogP contribution in [-0.2, 0) is 12.2 Å². The monoisotopic (exact) mass is 433 g/mol. The topological polar surface area (TPSA) is 38.3 Å². The van der Waals surface area contributed by atoms with E-state index in [2.05, 4.69) is 67.7 Å². The van der Waals surface area contributed by atoms with Crippen LogP contribution in [0, 0.1) is 6.92 Å². The molecule has 0 unspecified atom stereocenters. The minimum Gasteiger partial charge on any atom is -0.494 e. The van der Waals surface area contributed by atoms with E-state index in [9.17, 15) is 4.79 Å². The lowest BCUT2D eigenvalue weighted by molar-refractivity contribution is 0.0938. The Morgan fingerprint density at radius 1 is 1.03 bits per heavy atom. The summed E-state index contributed by atoms with van der Waals surface area (Å²) < 4.78 is 5.80. The molecule has 0 radical (unpaired) electrons. The lowest BCUT2D eigenvalue weighted by Crippen LogP contribution is -2.33. The van der Waals surface area contributed by atoms with Gasteiger partial charge in [0, 0.05) is 27.8 Å². The Balaban J connectivity index is 1.63. The van der Waals surface area contributed by atoms with Gasteiger partial charge in [0.25, 0.3) is 5.91 Å². The fraction of sp³-hybridized carbons (Fsp3) is 0.296. The van der Waals surface area contributed by atoms with Crippen molar-refractivity contribution in [1.29, 1.82) is 0 Å². The van der Waals surface area contributed by atoms with E-state index in [1.165, 1.54) is 16.0 Å². The van der Waals surface area contributed by atoms with E-state index < -0.39 is 0 Å². The Labute approximate surface area is 190 Å². The summed E-state index contributed by atoms with van der Waals surface area (Å²) in [5.41, 5.74) is 4.26. The zero-order chi connectivity index (χ0) is 22.1. The van der Waals surface area contributed by atoms with Crippen LogP contribution in [0.25, 0.3) is 0 Å². The molecule has 162 valence electrons. The second kappa shape index (κ2) is 11.6. The third-order valence-electron chi connectivity index (χ3n) is 5.12. The van der Waals surface area contributed by atoms with Crippen molar-refractivity contribution in [2.75, 3.05) is 6.61 Å². The first-order valence-corrected chi connectivity index (χ1v) is 11.8. The molecule has 0 fully saturated rings. The minimum atomic E-state index is -0.0369. The number of benzene rings is 3. The molecule has 3 nitrogen and oxygen atoms in total. The number of carbonyl (C=O) groups excluding carboxylic acids is 1. The first-order valence-electron chi connectivity index (χ1n) is 10.8. The molecule has 1 amide bonds. The summed E-state index contributed by atoms with van der Waals surface area (Å²) >= 11 is 1.75. The SMILES string of the molecule is CCOc1ccc(C(=O)N[C@H](C)CCc2ccccc2)cc1CSc1ccc(C)cc1. The molecule has 0 spiro atoms. The molecule has 31 heavy (non-hydrogen) atoms. The van der Waals surface area contributed by atoms with Crippen molar-refractivity contribution in [1.82, 2.24) is 5.32 Å². The summed E-state index contributed by atoms with van der Waals surface area (Å²) in [6.07, 6.45) is 1.85. The molecule has 0 saturated heterocycles. The lowest BCUT2D eigenvalue weighted by atomic mass is 10.1. The number of thioether (sulfide) groups is 1. The first kappa shape index (κ1) is 23.0. The number of aryl methyl sites for hydroxylation is 2. The van der Waals surface area contributed by atoms with Crippen LogP contribution in [0.2, 0.25) is 0 Å². The molecule has 0 aromatic heterocycles. The molecule has 0 saturated carbocycles. The predicted octanol–water partition coefficient (Wildman–Crippen LogP) is 6.44. The molecule has 0 aliphatic rings. The van der Waals surface area contributed by atoms with Crippen molar-refractivity contribution in [2.45, 2.75) is 50.3 Å². The quantitative estimate of drug-likeness (QED) is 0.374. The highest BCUT2D eigenvalue weighted by Gasteiger charge is 2.13. The Morgan fingerprint density at radius 3 is 2.48 bits per heavy atom. The number of hydrogen-bond donors (Lipinski definition) is 1. The molecule has 0 bridgehead atoms. The number of hydrogen-bond acceptors (Lipinski definition) is 3. The summed E-state index contributed by atoms with van der Waals surface area (Å²) in [5, 5.41) is 3.14. The molecule has 0 aliphatic heterocycles. The molecule has 0 heterocycles. The second-order valence-corrected chi connectivity index (χ2v) is 8.80. The summed E-state index contributed by atoms with van der Waals surface area (Å²) in [6.45, 7) is 6.73. The zero-order valence-corrected chi connectivity index (χ0v) is 19.4. The van der Waals surface area contributed by atoms with Crippen molar-refractivity contribution in [3.63, 3.8) is 0 Å². The van der Waals surface area contributed by atoms with Gasteiger partial charge in [0.1, 0.15) is 5.75 Å². The number of ether oxygens (including phenoxy) is 1. The Kier molecular flexibility index (Phi) is 8.60. The van der Waals surface area contributed by atoms with Crippen LogP contribution in [-0.4, -0.2) is 18.6 Å². The fourth-order valence-corrected chi connectivity index (χ4v) is 4.21. The van der Waals surface area contributed by atoms with Gasteiger partial charge in [-0.15, -0.1) is 11.8 Å². The van der Waals surface area contributed by atoms with Crippen LogP contribution >= 0.6 is 11.8 Å². The first-order chi connectivity index (χ1) is 15.0. The van der Waals surface area contributed by atoms with Crippen LogP contribution in [0.1, 0.15) is 47.3 Å². The molecule has 4 heteroatoms. The van der Waals surface area contributed by atoms with Crippen LogP contribution in [0.5, 0.6) is 5.75 Å². The average Bonchev–Trinajstić information content (AvgIpc) is 2.79. The molecular formula is C27H31NO2S. The Hall–Kier alpha value is -2.72. The van der Waals surface area contributed by atoms with Crippen molar-refractivity contribution < 1.29 is 9.53 Å². The van der Waals surface area contributed by atoms with Crippen molar-refractivity contribution in [2.24, 2.45) is 0 Å². The van der Waals surface area contributed by atoms with Gasteiger partial charge in [0.15, 0.2) is 0 Å². The van der Waals surface area contributed by atoms with Gasteiger partial charge in [0.2, 0.25) is 0 Å². The third-order valence-corrected chi connectivity index (χ3v) is 6.19. The lowest BCUT2D eigenvalue weighted by Gasteiger charge is -2.16. The molecular weight excluding hydrogens is 402 g/mol. The van der Waals surface area contributed by atoms with Crippen LogP contribution < -0.4 is 10.1 Å². The maximum atomic E-state index is 12.8. The van der Waals surface area contributed by atoms with Gasteiger partial charge in [-0.1, -0.05) is 48.0 Å². The van der Waals surface area contributed by atoms with E-state index in [-0.39, 0.29) is 11.9 Å². The molecule has 3 rings (SSSR count). The van der Waals surface area contributed by atoms with Crippen LogP contribution in [0.15, 0.2) is 77.7 Å². The predicted molar refractivity (Wildman–Crippen MR) is 130 cm³/mol. The molecule has 3 aromatic carbocycles. The van der Waals surface area contributed by atoms with Crippen molar-refractivity contribution >= 4 is 17.7 Å². The molecule has 1 atom stereocenters. The summed E-state index contributed by atoms with van der Waals surface area (Å²) in [6, 6.07) is 24.7. The van der Waals surface area contributed by atoms with E-state index in [4.69, 9.17) is 4.74 Å². The highest BCUT2D eigenvalue weighted by molar-refractivity contribution is 7.98. The summed E-state index contributed by atoms with van der Waals surface area (Å²) in [4.78, 5) is 14.0. The second-order valence-electron chi connectivity index (χ2n) is 7.76. The van der Waals surface area contributed by atoms with Crippen molar-refractivity contribution in [3.05, 3.63) is 95.1 Å². The smallest absolute Gasteiger partial charge is 0.251 e. The third kappa shape index (κ3) is 7.18. The van der Waals surface area contributed by atoms with Gasteiger partial charge < -0.3 is 10.1 Å². The van der Waals surface area contributed by atoms with Gasteiger partial charge >= 0.3 is 0 Å². The largest absolute Gasteiger partial charge is 0.494 e. The van der Waals surface area contributed by atoms with Gasteiger partial charge in [0.05, 0.1) is 6.61 Å². The van der Waals surface area contributed by atoms with Crippen molar-refractivity contribution in [3.8, 4) is 5.75 Å². The van der Waals surface area contributed by atoms with E-state index in [0.29, 0.717) is 12.2 Å². The fourth-order valence-electron chi connectivity index (χ4n) is 3.33.